The Bertz CT molecular complexity index is 1040. The molecule has 3 heterocycles. The third-order valence-electron chi connectivity index (χ3n) is 4.63. The maximum absolute atomic E-state index is 13.4. The summed E-state index contributed by atoms with van der Waals surface area (Å²) in [6.45, 7) is 2.11. The number of carbonyl (C=O) groups is 1. The maximum Gasteiger partial charge on any atom is 0.400 e. The highest BCUT2D eigenvalue weighted by Gasteiger charge is 2.51. The summed E-state index contributed by atoms with van der Waals surface area (Å²) in [7, 11) is 0. The van der Waals surface area contributed by atoms with Crippen LogP contribution in [0, 0.1) is 0 Å². The lowest BCUT2D eigenvalue weighted by Crippen LogP contribution is -2.38. The van der Waals surface area contributed by atoms with Crippen LogP contribution in [-0.4, -0.2) is 36.7 Å². The first-order valence-electron chi connectivity index (χ1n) is 8.39. The van der Waals surface area contributed by atoms with E-state index in [2.05, 4.69) is 25.3 Å². The number of nitrogens with zero attached hydrogens (tertiary/aromatic N) is 5. The van der Waals surface area contributed by atoms with Gasteiger partial charge in [0.05, 0.1) is 16.3 Å². The first-order chi connectivity index (χ1) is 13.2. The fourth-order valence-corrected chi connectivity index (χ4v) is 3.79. The largest absolute Gasteiger partial charge is 0.400 e. The van der Waals surface area contributed by atoms with E-state index >= 15 is 0 Å². The van der Waals surface area contributed by atoms with Crippen molar-refractivity contribution < 1.29 is 18.0 Å². The monoisotopic (exact) mass is 408 g/mol. The van der Waals surface area contributed by atoms with Crippen LogP contribution in [0.2, 0.25) is 0 Å². The van der Waals surface area contributed by atoms with E-state index in [-0.39, 0.29) is 5.82 Å². The lowest BCUT2D eigenvalue weighted by molar-refractivity contribution is -0.182. The van der Waals surface area contributed by atoms with Crippen LogP contribution in [-0.2, 0) is 18.3 Å². The fraction of sp³-hybridized carbons (Fsp3) is 0.353. The van der Waals surface area contributed by atoms with Crippen molar-refractivity contribution in [3.8, 4) is 10.6 Å². The summed E-state index contributed by atoms with van der Waals surface area (Å²) in [6, 6.07) is -0.426. The van der Waals surface area contributed by atoms with Gasteiger partial charge in [-0.25, -0.2) is 24.7 Å². The number of rotatable bonds is 2. The second-order valence-electron chi connectivity index (χ2n) is 6.89. The molecule has 28 heavy (non-hydrogen) atoms. The van der Waals surface area contributed by atoms with E-state index in [1.807, 2.05) is 0 Å². The summed E-state index contributed by atoms with van der Waals surface area (Å²) in [6.07, 6.45) is 2.49. The highest BCUT2D eigenvalue weighted by molar-refractivity contribution is 7.19. The highest BCUT2D eigenvalue weighted by atomic mass is 32.1. The molecule has 0 spiro atoms. The number of anilines is 1. The first-order valence-corrected chi connectivity index (χ1v) is 9.21. The van der Waals surface area contributed by atoms with Gasteiger partial charge in [-0.15, -0.1) is 0 Å². The molecule has 0 aromatic carbocycles. The van der Waals surface area contributed by atoms with E-state index in [1.165, 1.54) is 40.8 Å². The molecule has 0 radical (unpaired) electrons. The van der Waals surface area contributed by atoms with Crippen LogP contribution in [0.3, 0.4) is 0 Å². The van der Waals surface area contributed by atoms with Gasteiger partial charge in [-0.1, -0.05) is 11.3 Å². The van der Waals surface area contributed by atoms with Gasteiger partial charge < -0.3 is 0 Å². The molecule has 3 aromatic heterocycles. The lowest BCUT2D eigenvalue weighted by atomic mass is 9.90. The zero-order valence-electron chi connectivity index (χ0n) is 14.9. The summed E-state index contributed by atoms with van der Waals surface area (Å²) in [5.41, 5.74) is -0.259. The highest BCUT2D eigenvalue weighted by Crippen LogP contribution is 2.42. The molecular weight excluding hydrogens is 393 g/mol. The van der Waals surface area contributed by atoms with E-state index in [0.717, 1.165) is 19.4 Å². The number of hydrogen-bond donors (Lipinski definition) is 1. The second kappa shape index (κ2) is 6.36. The number of amides is 1. The first kappa shape index (κ1) is 18.5. The van der Waals surface area contributed by atoms with Gasteiger partial charge in [0.2, 0.25) is 0 Å². The van der Waals surface area contributed by atoms with Gasteiger partial charge in [0.15, 0.2) is 5.13 Å². The molecule has 0 fully saturated rings. The third kappa shape index (κ3) is 3.05. The van der Waals surface area contributed by atoms with Gasteiger partial charge in [-0.2, -0.15) is 13.2 Å². The van der Waals surface area contributed by atoms with Crippen LogP contribution in [0.4, 0.5) is 23.1 Å². The van der Waals surface area contributed by atoms with Crippen molar-refractivity contribution in [2.75, 3.05) is 5.32 Å². The Morgan fingerprint density at radius 1 is 1.25 bits per heavy atom. The minimum Gasteiger partial charge on any atom is -0.283 e. The van der Waals surface area contributed by atoms with Gasteiger partial charge >= 0.3 is 12.2 Å². The molecule has 0 saturated carbocycles. The van der Waals surface area contributed by atoms with E-state index < -0.39 is 17.6 Å². The molecule has 0 aliphatic heterocycles. The lowest BCUT2D eigenvalue weighted by Gasteiger charge is -2.27. The van der Waals surface area contributed by atoms with E-state index in [1.54, 1.807) is 0 Å². The van der Waals surface area contributed by atoms with Crippen LogP contribution < -0.4 is 5.32 Å². The molecule has 0 unspecified atom stereocenters. The minimum absolute atomic E-state index is 0.288. The molecule has 3 aromatic rings. The predicted octanol–water partition coefficient (Wildman–Crippen LogP) is 3.82. The van der Waals surface area contributed by atoms with E-state index in [4.69, 9.17) is 0 Å². The van der Waals surface area contributed by atoms with Gasteiger partial charge in [-0.05, 0) is 32.3 Å². The fourth-order valence-electron chi connectivity index (χ4n) is 2.76. The molecular formula is C17H15F3N6OS. The Morgan fingerprint density at radius 2 is 2.04 bits per heavy atom. The average molecular weight is 408 g/mol. The molecule has 1 amide bonds. The predicted molar refractivity (Wildman–Crippen MR) is 96.3 cm³/mol. The summed E-state index contributed by atoms with van der Waals surface area (Å²) >= 11 is 1.18. The van der Waals surface area contributed by atoms with Gasteiger partial charge in [0.25, 0.3) is 0 Å². The van der Waals surface area contributed by atoms with Gasteiger partial charge in [0, 0.05) is 18.6 Å². The van der Waals surface area contributed by atoms with Crippen LogP contribution in [0.1, 0.15) is 30.9 Å². The standard InChI is InChI=1S/C17H15F3N6OS/c1-16(2,17(18,19)20)13-22-7-9-3-4-10-12(11(9)24-13)28-14(23-10)25-15(27)26-6-5-21-8-26/h5-8H,3-4H2,1-2H3,(H,23,25,27). The molecule has 1 aliphatic carbocycles. The molecule has 1 aliphatic rings. The van der Waals surface area contributed by atoms with Crippen molar-refractivity contribution in [1.82, 2.24) is 24.5 Å². The number of aromatic nitrogens is 5. The summed E-state index contributed by atoms with van der Waals surface area (Å²) in [4.78, 5) is 29.2. The molecule has 7 nitrogen and oxygen atoms in total. The van der Waals surface area contributed by atoms with Gasteiger partial charge in [-0.3, -0.25) is 9.88 Å². The van der Waals surface area contributed by atoms with Crippen LogP contribution in [0.15, 0.2) is 24.9 Å². The Balaban J connectivity index is 1.69. The van der Waals surface area contributed by atoms with Crippen molar-refractivity contribution in [3.63, 3.8) is 0 Å². The van der Waals surface area contributed by atoms with Crippen molar-refractivity contribution in [2.45, 2.75) is 38.3 Å². The van der Waals surface area contributed by atoms with Crippen LogP contribution in [0.5, 0.6) is 0 Å². The minimum atomic E-state index is -4.48. The second-order valence-corrected chi connectivity index (χ2v) is 7.88. The number of carbonyl (C=O) groups excluding carboxylic acids is 1. The van der Waals surface area contributed by atoms with Crippen molar-refractivity contribution in [3.05, 3.63) is 42.0 Å². The molecule has 1 N–H and O–H groups in total. The zero-order chi connectivity index (χ0) is 20.1. The van der Waals surface area contributed by atoms with Gasteiger partial charge in [0.1, 0.15) is 17.6 Å². The van der Waals surface area contributed by atoms with E-state index in [9.17, 15) is 18.0 Å². The Labute approximate surface area is 161 Å². The topological polar surface area (TPSA) is 85.6 Å². The molecule has 0 saturated heterocycles. The van der Waals surface area contributed by atoms with Crippen LogP contribution in [0.25, 0.3) is 10.6 Å². The molecule has 11 heteroatoms. The number of thiazole rings is 1. The quantitative estimate of drug-likeness (QED) is 0.697. The molecule has 0 bridgehead atoms. The smallest absolute Gasteiger partial charge is 0.283 e. The number of hydrogen-bond acceptors (Lipinski definition) is 6. The SMILES string of the molecule is CC(C)(c1ncc2c(n1)-c1sc(NC(=O)n3ccnc3)nc1CC2)C(F)(F)F. The molecule has 146 valence electrons. The molecule has 4 rings (SSSR count). The number of nitrogens with one attached hydrogen (secondary N) is 1. The zero-order valence-corrected chi connectivity index (χ0v) is 15.7. The number of imidazole rings is 1. The number of fused-ring (bicyclic) bond motifs is 3. The Morgan fingerprint density at radius 3 is 2.71 bits per heavy atom. The average Bonchev–Trinajstić information content (AvgIpc) is 3.29. The summed E-state index contributed by atoms with van der Waals surface area (Å²) in [5, 5.41) is 3.02. The van der Waals surface area contributed by atoms with Crippen molar-refractivity contribution >= 4 is 22.5 Å². The Kier molecular flexibility index (Phi) is 4.21. The number of alkyl halides is 3. The Hall–Kier alpha value is -2.82. The number of aryl methyl sites for hydroxylation is 2. The number of halogens is 3. The third-order valence-corrected chi connectivity index (χ3v) is 5.65. The van der Waals surface area contributed by atoms with Crippen molar-refractivity contribution in [2.24, 2.45) is 0 Å². The van der Waals surface area contributed by atoms with Crippen molar-refractivity contribution in [1.29, 1.82) is 0 Å². The van der Waals surface area contributed by atoms with Crippen LogP contribution >= 0.6 is 11.3 Å². The normalized spacial score (nSPS) is 13.8. The van der Waals surface area contributed by atoms with E-state index in [0.29, 0.717) is 34.2 Å². The summed E-state index contributed by atoms with van der Waals surface area (Å²) in [5.74, 6) is -0.288. The maximum atomic E-state index is 13.4. The summed E-state index contributed by atoms with van der Waals surface area (Å²) < 4.78 is 41.4. The molecule has 0 atom stereocenters.